The number of nitrogen functional groups attached to an aromatic ring is 1. The van der Waals surface area contributed by atoms with Crippen molar-refractivity contribution in [3.05, 3.63) is 71.7 Å². The van der Waals surface area contributed by atoms with Gasteiger partial charge in [0, 0.05) is 44.0 Å². The summed E-state index contributed by atoms with van der Waals surface area (Å²) in [7, 11) is -1.96. The number of hydrogen-bond donors (Lipinski definition) is 3. The molecule has 2 aliphatic rings. The number of fused-ring (bicyclic) bond motifs is 1. The number of nitrogens with two attached hydrogens (primary N) is 1. The highest BCUT2D eigenvalue weighted by molar-refractivity contribution is 7.91. The normalized spacial score (nSPS) is 20.1. The van der Waals surface area contributed by atoms with Crippen molar-refractivity contribution in [3.8, 4) is 11.3 Å². The molecule has 44 heavy (non-hydrogen) atoms. The summed E-state index contributed by atoms with van der Waals surface area (Å²) in [4.78, 5) is 20.7. The highest BCUT2D eigenvalue weighted by atomic mass is 32.2. The third kappa shape index (κ3) is 6.12. The summed E-state index contributed by atoms with van der Waals surface area (Å²) < 4.78 is 45.4. The summed E-state index contributed by atoms with van der Waals surface area (Å²) in [6.07, 6.45) is 5.74. The van der Waals surface area contributed by atoms with Crippen LogP contribution in [-0.4, -0.2) is 83.3 Å². The number of nitrogens with one attached hydrogen (secondary N) is 1. The van der Waals surface area contributed by atoms with Gasteiger partial charge in [-0.15, -0.1) is 0 Å². The number of benzene rings is 2. The fourth-order valence-electron chi connectivity index (χ4n) is 6.46. The molecular weight excluding hydrogens is 585 g/mol. The first-order valence-corrected chi connectivity index (χ1v) is 16.4. The van der Waals surface area contributed by atoms with Crippen LogP contribution >= 0.6 is 0 Å². The topological polar surface area (TPSA) is 147 Å². The molecule has 4 aromatic rings. The number of aromatic carboxylic acids is 1. The second-order valence-electron chi connectivity index (χ2n) is 11.7. The molecule has 4 N–H and O–H groups in total. The van der Waals surface area contributed by atoms with E-state index in [9.17, 15) is 18.3 Å². The van der Waals surface area contributed by atoms with Crippen LogP contribution in [0.25, 0.3) is 22.2 Å². The molecule has 11 nitrogen and oxygen atoms in total. The maximum atomic E-state index is 15.4. The maximum absolute atomic E-state index is 15.4. The number of sulfonamides is 1. The zero-order valence-electron chi connectivity index (χ0n) is 24.5. The zero-order chi connectivity index (χ0) is 31.0. The van der Waals surface area contributed by atoms with Crippen LogP contribution in [0.2, 0.25) is 0 Å². The second kappa shape index (κ2) is 12.1. The number of carboxylic acids is 1. The first kappa shape index (κ1) is 30.0. The number of piperazine rings is 1. The number of likely N-dealkylation sites (N-methyl/N-ethyl adjacent to an activating group) is 1. The van der Waals surface area contributed by atoms with Crippen LogP contribution in [0, 0.1) is 5.82 Å². The smallest absolute Gasteiger partial charge is 0.335 e. The van der Waals surface area contributed by atoms with E-state index < -0.39 is 27.6 Å². The van der Waals surface area contributed by atoms with E-state index in [4.69, 9.17) is 10.8 Å². The molecule has 0 spiro atoms. The van der Waals surface area contributed by atoms with Gasteiger partial charge in [0.05, 0.1) is 33.9 Å². The minimum Gasteiger partial charge on any atom is -0.478 e. The van der Waals surface area contributed by atoms with Crippen LogP contribution in [0.3, 0.4) is 0 Å². The van der Waals surface area contributed by atoms with Crippen LogP contribution in [0.1, 0.15) is 47.6 Å². The standard InChI is InChI=1S/C31H36FN7O4S/c1-37-14-16-38(17-15-37)22-7-9-23(10-8-22)39-27-12-13-34-30(33)28(27)29(35-39)20-6-11-26(25(32)18-20)36-44(42,43)19-21-4-2-3-5-24(21)31(40)41/h2-6,11-13,18,22-23,36H,7-10,14-17,19H2,1H3,(H2,33,34)(H,40,41). The Hall–Kier alpha value is -4.07. The van der Waals surface area contributed by atoms with Gasteiger partial charge in [-0.1, -0.05) is 24.3 Å². The summed E-state index contributed by atoms with van der Waals surface area (Å²) >= 11 is 0. The molecule has 3 heterocycles. The second-order valence-corrected chi connectivity index (χ2v) is 13.4. The molecule has 0 amide bonds. The van der Waals surface area contributed by atoms with E-state index in [0.29, 0.717) is 22.7 Å². The number of carboxylic acid groups (broad SMARTS) is 1. The molecule has 0 unspecified atom stereocenters. The number of halogens is 1. The van der Waals surface area contributed by atoms with Crippen molar-refractivity contribution in [2.24, 2.45) is 0 Å². The Kier molecular flexibility index (Phi) is 8.27. The van der Waals surface area contributed by atoms with Gasteiger partial charge in [-0.3, -0.25) is 14.3 Å². The summed E-state index contributed by atoms with van der Waals surface area (Å²) in [5.41, 5.74) is 7.80. The van der Waals surface area contributed by atoms with Gasteiger partial charge in [0.25, 0.3) is 0 Å². The van der Waals surface area contributed by atoms with Crippen molar-refractivity contribution in [3.63, 3.8) is 0 Å². The molecular formula is C31H36FN7O4S. The van der Waals surface area contributed by atoms with Gasteiger partial charge in [0.1, 0.15) is 17.3 Å². The number of aromatic nitrogens is 3. The summed E-state index contributed by atoms with van der Waals surface area (Å²) in [6, 6.07) is 12.6. The van der Waals surface area contributed by atoms with Crippen LogP contribution in [0.15, 0.2) is 54.7 Å². The number of anilines is 2. The third-order valence-corrected chi connectivity index (χ3v) is 10.0. The number of carbonyl (C=O) groups is 1. The van der Waals surface area contributed by atoms with Crippen molar-refractivity contribution in [1.82, 2.24) is 24.6 Å². The molecule has 2 aromatic carbocycles. The molecule has 0 atom stereocenters. The highest BCUT2D eigenvalue weighted by Crippen LogP contribution is 2.38. The first-order chi connectivity index (χ1) is 21.1. The van der Waals surface area contributed by atoms with Crippen molar-refractivity contribution in [1.29, 1.82) is 0 Å². The molecule has 13 heteroatoms. The van der Waals surface area contributed by atoms with Crippen LogP contribution in [0.5, 0.6) is 0 Å². The van der Waals surface area contributed by atoms with Crippen LogP contribution in [-0.2, 0) is 15.8 Å². The molecule has 1 saturated heterocycles. The Morgan fingerprint density at radius 3 is 2.45 bits per heavy atom. The highest BCUT2D eigenvalue weighted by Gasteiger charge is 2.30. The Balaban J connectivity index is 1.23. The molecule has 1 aliphatic carbocycles. The predicted molar refractivity (Wildman–Crippen MR) is 167 cm³/mol. The quantitative estimate of drug-likeness (QED) is 0.264. The van der Waals surface area contributed by atoms with Crippen LogP contribution in [0.4, 0.5) is 15.9 Å². The number of hydrogen-bond acceptors (Lipinski definition) is 8. The summed E-state index contributed by atoms with van der Waals surface area (Å²) in [5, 5.41) is 15.0. The van der Waals surface area contributed by atoms with E-state index in [2.05, 4.69) is 26.6 Å². The first-order valence-electron chi connectivity index (χ1n) is 14.8. The number of nitrogens with zero attached hydrogens (tertiary/aromatic N) is 5. The lowest BCUT2D eigenvalue weighted by molar-refractivity contribution is 0.0696. The van der Waals surface area contributed by atoms with Crippen molar-refractivity contribution >= 4 is 38.4 Å². The van der Waals surface area contributed by atoms with Gasteiger partial charge in [-0.25, -0.2) is 22.6 Å². The van der Waals surface area contributed by atoms with Gasteiger partial charge < -0.3 is 15.7 Å². The van der Waals surface area contributed by atoms with Crippen molar-refractivity contribution < 1.29 is 22.7 Å². The Bertz CT molecular complexity index is 1800. The van der Waals surface area contributed by atoms with Crippen molar-refractivity contribution in [2.75, 3.05) is 43.7 Å². The molecule has 2 fully saturated rings. The monoisotopic (exact) mass is 621 g/mol. The van der Waals surface area contributed by atoms with Crippen molar-refractivity contribution in [2.45, 2.75) is 43.5 Å². The fourth-order valence-corrected chi connectivity index (χ4v) is 7.69. The fraction of sp³-hybridized carbons (Fsp3) is 0.387. The Morgan fingerprint density at radius 1 is 1.05 bits per heavy atom. The largest absolute Gasteiger partial charge is 0.478 e. The zero-order valence-corrected chi connectivity index (χ0v) is 25.3. The van der Waals surface area contributed by atoms with Crippen LogP contribution < -0.4 is 10.5 Å². The third-order valence-electron chi connectivity index (χ3n) is 8.82. The Morgan fingerprint density at radius 2 is 1.75 bits per heavy atom. The minimum atomic E-state index is -4.12. The number of rotatable bonds is 8. The average molecular weight is 622 g/mol. The van der Waals surface area contributed by atoms with Gasteiger partial charge in [-0.05, 0) is 62.6 Å². The summed E-state index contributed by atoms with van der Waals surface area (Å²) in [5.74, 6) is -2.37. The van der Waals surface area contributed by atoms with Gasteiger partial charge in [0.15, 0.2) is 0 Å². The van der Waals surface area contributed by atoms with Gasteiger partial charge in [-0.2, -0.15) is 5.10 Å². The van der Waals surface area contributed by atoms with E-state index in [1.54, 1.807) is 18.3 Å². The minimum absolute atomic E-state index is 0.0991. The van der Waals surface area contributed by atoms with Gasteiger partial charge in [0.2, 0.25) is 10.0 Å². The molecule has 232 valence electrons. The molecule has 6 rings (SSSR count). The Labute approximate surface area is 255 Å². The van der Waals surface area contributed by atoms with Gasteiger partial charge >= 0.3 is 5.97 Å². The van der Waals surface area contributed by atoms with E-state index in [1.165, 1.54) is 30.3 Å². The molecule has 0 bridgehead atoms. The van der Waals surface area contributed by atoms with E-state index in [0.717, 1.165) is 57.4 Å². The SMILES string of the molecule is CN1CCN(C2CCC(n3nc(-c4ccc(NS(=O)(=O)Cc5ccccc5C(=O)O)c(F)c4)c4c(N)nccc43)CC2)CC1. The predicted octanol–water partition coefficient (Wildman–Crippen LogP) is 4.19. The van der Waals surface area contributed by atoms with E-state index in [1.807, 2.05) is 10.7 Å². The molecule has 0 radical (unpaired) electrons. The lowest BCUT2D eigenvalue weighted by atomic mass is 9.89. The molecule has 2 aromatic heterocycles. The molecule has 1 saturated carbocycles. The van der Waals surface area contributed by atoms with E-state index in [-0.39, 0.29) is 28.7 Å². The molecule has 1 aliphatic heterocycles. The summed E-state index contributed by atoms with van der Waals surface area (Å²) in [6.45, 7) is 4.37. The lowest BCUT2D eigenvalue weighted by Gasteiger charge is -2.41. The lowest BCUT2D eigenvalue weighted by Crippen LogP contribution is -2.49. The maximum Gasteiger partial charge on any atom is 0.335 e. The average Bonchev–Trinajstić information content (AvgIpc) is 3.40. The van der Waals surface area contributed by atoms with E-state index >= 15 is 4.39 Å². The number of pyridine rings is 1.